The highest BCUT2D eigenvalue weighted by atomic mass is 16.2. The Morgan fingerprint density at radius 2 is 1.84 bits per heavy atom. The second-order valence-electron chi connectivity index (χ2n) is 9.83. The minimum Gasteiger partial charge on any atom is -0.367 e. The van der Waals surface area contributed by atoms with Gasteiger partial charge >= 0.3 is 0 Å². The average Bonchev–Trinajstić information content (AvgIpc) is 3.44. The molecule has 0 atom stereocenters. The summed E-state index contributed by atoms with van der Waals surface area (Å²) in [4.78, 5) is 55.2. The molecule has 2 fully saturated rings. The van der Waals surface area contributed by atoms with Crippen molar-refractivity contribution in [1.29, 1.82) is 5.26 Å². The van der Waals surface area contributed by atoms with Gasteiger partial charge in [0, 0.05) is 43.8 Å². The van der Waals surface area contributed by atoms with Gasteiger partial charge in [-0.15, -0.1) is 0 Å². The minimum absolute atomic E-state index is 0.0134. The lowest BCUT2D eigenvalue weighted by atomic mass is 10.0. The molecule has 11 heteroatoms. The Morgan fingerprint density at radius 3 is 2.47 bits per heavy atom. The normalized spacial score (nSPS) is 16.0. The van der Waals surface area contributed by atoms with Gasteiger partial charge in [0.25, 0.3) is 5.56 Å². The molecule has 38 heavy (non-hydrogen) atoms. The second kappa shape index (κ2) is 10.6. The van der Waals surface area contributed by atoms with E-state index in [2.05, 4.69) is 20.2 Å². The van der Waals surface area contributed by atoms with E-state index in [0.29, 0.717) is 54.5 Å². The number of amides is 1. The molecule has 0 bridgehead atoms. The molecule has 0 aromatic carbocycles. The van der Waals surface area contributed by atoms with Crippen molar-refractivity contribution in [2.45, 2.75) is 52.0 Å². The van der Waals surface area contributed by atoms with Crippen molar-refractivity contribution < 1.29 is 9.59 Å². The molecular weight excluding hydrogens is 484 g/mol. The lowest BCUT2D eigenvalue weighted by Crippen LogP contribution is -2.48. The monoisotopic (exact) mass is 514 g/mol. The first kappa shape index (κ1) is 25.3. The number of nitriles is 1. The first-order valence-electron chi connectivity index (χ1n) is 12.9. The van der Waals surface area contributed by atoms with Gasteiger partial charge in [-0.1, -0.05) is 12.8 Å². The highest BCUT2D eigenvalue weighted by Crippen LogP contribution is 2.32. The molecule has 1 saturated carbocycles. The predicted molar refractivity (Wildman–Crippen MR) is 143 cm³/mol. The number of aryl methyl sites for hydroxylation is 1. The molecule has 196 valence electrons. The number of carbonyl (C=O) groups excluding carboxylic acids is 2. The zero-order valence-electron chi connectivity index (χ0n) is 21.6. The number of nitrogens with one attached hydrogen (secondary N) is 1. The van der Waals surface area contributed by atoms with Gasteiger partial charge < -0.3 is 15.1 Å². The van der Waals surface area contributed by atoms with Gasteiger partial charge in [-0.2, -0.15) is 10.2 Å². The Hall–Kier alpha value is -4.33. The summed E-state index contributed by atoms with van der Waals surface area (Å²) in [6.45, 7) is 5.67. The molecule has 1 saturated heterocycles. The maximum Gasteiger partial charge on any atom is 0.263 e. The van der Waals surface area contributed by atoms with E-state index in [-0.39, 0.29) is 35.3 Å². The number of pyridine rings is 2. The van der Waals surface area contributed by atoms with Crippen molar-refractivity contribution in [2.24, 2.45) is 0 Å². The second-order valence-corrected chi connectivity index (χ2v) is 9.83. The summed E-state index contributed by atoms with van der Waals surface area (Å²) >= 11 is 0. The number of fused-ring (bicyclic) bond motifs is 1. The van der Waals surface area contributed by atoms with Gasteiger partial charge in [-0.05, 0) is 44.4 Å². The molecule has 0 unspecified atom stereocenters. The van der Waals surface area contributed by atoms with Crippen LogP contribution >= 0.6 is 0 Å². The highest BCUT2D eigenvalue weighted by molar-refractivity contribution is 5.99. The van der Waals surface area contributed by atoms with Gasteiger partial charge in [0.1, 0.15) is 17.9 Å². The summed E-state index contributed by atoms with van der Waals surface area (Å²) in [5.41, 5.74) is 2.00. The van der Waals surface area contributed by atoms with Crippen LogP contribution in [-0.2, 0) is 4.79 Å². The smallest absolute Gasteiger partial charge is 0.263 e. The van der Waals surface area contributed by atoms with Crippen molar-refractivity contribution >= 4 is 40.2 Å². The molecule has 11 nitrogen and oxygen atoms in total. The van der Waals surface area contributed by atoms with Crippen molar-refractivity contribution in [3.05, 3.63) is 46.0 Å². The zero-order valence-corrected chi connectivity index (χ0v) is 21.6. The molecule has 3 aromatic rings. The summed E-state index contributed by atoms with van der Waals surface area (Å²) in [5, 5.41) is 12.6. The Bertz CT molecular complexity index is 1480. The number of carbonyl (C=O) groups is 2. The molecule has 1 aliphatic heterocycles. The molecule has 4 heterocycles. The number of aromatic nitrogens is 4. The predicted octanol–water partition coefficient (Wildman–Crippen LogP) is 3.12. The fraction of sp³-hybridized carbons (Fsp3) is 0.444. The first-order valence-corrected chi connectivity index (χ1v) is 12.9. The van der Waals surface area contributed by atoms with Crippen molar-refractivity contribution in [3.8, 4) is 6.07 Å². The van der Waals surface area contributed by atoms with Gasteiger partial charge in [0.15, 0.2) is 5.78 Å². The third kappa shape index (κ3) is 4.81. The van der Waals surface area contributed by atoms with E-state index in [1.165, 1.54) is 6.92 Å². The lowest BCUT2D eigenvalue weighted by molar-refractivity contribution is -0.130. The molecule has 5 rings (SSSR count). The van der Waals surface area contributed by atoms with E-state index in [0.717, 1.165) is 31.4 Å². The average molecular weight is 515 g/mol. The van der Waals surface area contributed by atoms with Crippen LogP contribution in [0.2, 0.25) is 0 Å². The topological polar surface area (TPSA) is 137 Å². The number of rotatable bonds is 6. The summed E-state index contributed by atoms with van der Waals surface area (Å²) < 4.78 is 1.69. The Kier molecular flexibility index (Phi) is 7.05. The fourth-order valence-electron chi connectivity index (χ4n) is 5.46. The number of Topliss-reactive ketones (excluding diaryl/α,β-unsaturated/α-hetero) is 1. The standard InChI is InChI=1S/C27H30N8O3/c1-17-21-16-30-27(32-25(21)35(19-5-3-4-6-19)26(38)24(17)18(2)36)31-22-8-7-20(15-29-22)33-11-13-34(14-12-33)23(37)9-10-28/h7-8,15-16,19H,3-6,9,11-14H2,1-2H3,(H,29,30,31,32). The van der Waals surface area contributed by atoms with Crippen LogP contribution in [0.4, 0.5) is 17.5 Å². The van der Waals surface area contributed by atoms with E-state index < -0.39 is 0 Å². The van der Waals surface area contributed by atoms with Gasteiger partial charge in [-0.3, -0.25) is 19.0 Å². The van der Waals surface area contributed by atoms with Crippen LogP contribution in [0.1, 0.15) is 61.0 Å². The molecule has 3 aromatic heterocycles. The SMILES string of the molecule is CC(=O)c1c(C)c2cnc(Nc3ccc(N4CCN(C(=O)CC#N)CC4)cn3)nc2n(C2CCCC2)c1=O. The fourth-order valence-corrected chi connectivity index (χ4v) is 5.46. The van der Waals surface area contributed by atoms with Gasteiger partial charge in [0.2, 0.25) is 11.9 Å². The van der Waals surface area contributed by atoms with Gasteiger partial charge in [0.05, 0.1) is 23.5 Å². The van der Waals surface area contributed by atoms with E-state index in [9.17, 15) is 14.4 Å². The Morgan fingerprint density at radius 1 is 1.11 bits per heavy atom. The molecular formula is C27H30N8O3. The maximum absolute atomic E-state index is 13.4. The van der Waals surface area contributed by atoms with Crippen LogP contribution in [-0.4, -0.2) is 62.3 Å². The molecule has 0 spiro atoms. The van der Waals surface area contributed by atoms with E-state index in [1.807, 2.05) is 18.2 Å². The van der Waals surface area contributed by atoms with Crippen LogP contribution in [0.3, 0.4) is 0 Å². The minimum atomic E-state index is -0.282. The summed E-state index contributed by atoms with van der Waals surface area (Å²) in [5.74, 6) is 0.500. The van der Waals surface area contributed by atoms with Gasteiger partial charge in [-0.25, -0.2) is 9.97 Å². The number of nitrogens with zero attached hydrogens (tertiary/aromatic N) is 7. The first-order chi connectivity index (χ1) is 18.4. The lowest BCUT2D eigenvalue weighted by Gasteiger charge is -2.35. The highest BCUT2D eigenvalue weighted by Gasteiger charge is 2.26. The number of piperazine rings is 1. The Balaban J connectivity index is 1.37. The molecule has 2 aliphatic rings. The van der Waals surface area contributed by atoms with Crippen LogP contribution in [0.25, 0.3) is 11.0 Å². The summed E-state index contributed by atoms with van der Waals surface area (Å²) in [7, 11) is 0. The number of anilines is 3. The summed E-state index contributed by atoms with van der Waals surface area (Å²) in [6.07, 6.45) is 7.18. The van der Waals surface area contributed by atoms with Crippen LogP contribution in [0.5, 0.6) is 0 Å². The largest absolute Gasteiger partial charge is 0.367 e. The third-order valence-corrected chi connectivity index (χ3v) is 7.47. The van der Waals surface area contributed by atoms with Crippen molar-refractivity contribution in [1.82, 2.24) is 24.4 Å². The van der Waals surface area contributed by atoms with E-state index in [1.54, 1.807) is 28.8 Å². The number of hydrogen-bond donors (Lipinski definition) is 1. The van der Waals surface area contributed by atoms with Crippen molar-refractivity contribution in [3.63, 3.8) is 0 Å². The number of ketones is 1. The summed E-state index contributed by atoms with van der Waals surface area (Å²) in [6, 6.07) is 5.71. The molecule has 1 N–H and O–H groups in total. The van der Waals surface area contributed by atoms with E-state index >= 15 is 0 Å². The van der Waals surface area contributed by atoms with Crippen LogP contribution < -0.4 is 15.8 Å². The maximum atomic E-state index is 13.4. The zero-order chi connectivity index (χ0) is 26.8. The third-order valence-electron chi connectivity index (χ3n) is 7.47. The van der Waals surface area contributed by atoms with E-state index in [4.69, 9.17) is 10.2 Å². The molecule has 0 radical (unpaired) electrons. The molecule has 1 amide bonds. The van der Waals surface area contributed by atoms with Crippen molar-refractivity contribution in [2.75, 3.05) is 36.4 Å². The number of hydrogen-bond acceptors (Lipinski definition) is 9. The van der Waals surface area contributed by atoms with Crippen LogP contribution in [0.15, 0.2) is 29.3 Å². The Labute approximate surface area is 220 Å². The van der Waals surface area contributed by atoms with Crippen LogP contribution in [0, 0.1) is 18.3 Å². The molecule has 1 aliphatic carbocycles. The quantitative estimate of drug-likeness (QED) is 0.492.